The number of rotatable bonds is 7. The molecule has 9 nitrogen and oxygen atoms in total. The van der Waals surface area contributed by atoms with E-state index in [0.717, 1.165) is 35.2 Å². The van der Waals surface area contributed by atoms with Gasteiger partial charge in [0.25, 0.3) is 11.8 Å². The maximum atomic E-state index is 13.6. The Hall–Kier alpha value is -4.78. The van der Waals surface area contributed by atoms with Gasteiger partial charge in [-0.25, -0.2) is 15.0 Å². The molecule has 1 aliphatic carbocycles. The molecule has 0 unspecified atom stereocenters. The maximum absolute atomic E-state index is 13.6. The average molecular weight is 578 g/mol. The minimum Gasteiger partial charge on any atom is -0.351 e. The number of imidazole rings is 1. The van der Waals surface area contributed by atoms with E-state index in [4.69, 9.17) is 0 Å². The van der Waals surface area contributed by atoms with Crippen LogP contribution in [0.4, 0.5) is 30.5 Å². The van der Waals surface area contributed by atoms with Gasteiger partial charge in [0.15, 0.2) is 0 Å². The summed E-state index contributed by atoms with van der Waals surface area (Å²) in [5.74, 6) is -0.657. The molecule has 208 valence electrons. The van der Waals surface area contributed by atoms with Gasteiger partial charge in [0.1, 0.15) is 0 Å². The van der Waals surface area contributed by atoms with Gasteiger partial charge in [-0.3, -0.25) is 9.59 Å². The SMILES string of the molecule is Cc1ccc(NC(=O)c2cc(-n3ccnc3)cc(C(F)(F)F)c2)cc1NC(=O)c1csc2cnc(NC3CC3)nc12. The van der Waals surface area contributed by atoms with Crippen LogP contribution in [-0.2, 0) is 6.18 Å². The number of aryl methyl sites for hydroxylation is 1. The van der Waals surface area contributed by atoms with Crippen LogP contribution in [0.15, 0.2) is 66.7 Å². The number of carbonyl (C=O) groups excluding carboxylic acids is 2. The number of amides is 2. The van der Waals surface area contributed by atoms with E-state index in [-0.39, 0.29) is 17.2 Å². The first-order chi connectivity index (χ1) is 19.6. The lowest BCUT2D eigenvalue weighted by Gasteiger charge is -2.14. The van der Waals surface area contributed by atoms with E-state index in [0.29, 0.717) is 34.4 Å². The van der Waals surface area contributed by atoms with Crippen LogP contribution in [0.3, 0.4) is 0 Å². The molecule has 0 saturated heterocycles. The lowest BCUT2D eigenvalue weighted by molar-refractivity contribution is -0.137. The van der Waals surface area contributed by atoms with E-state index in [1.165, 1.54) is 40.7 Å². The van der Waals surface area contributed by atoms with E-state index >= 15 is 0 Å². The second kappa shape index (κ2) is 10.3. The Balaban J connectivity index is 1.23. The normalized spacial score (nSPS) is 13.3. The van der Waals surface area contributed by atoms with Crippen molar-refractivity contribution >= 4 is 50.7 Å². The van der Waals surface area contributed by atoms with Gasteiger partial charge < -0.3 is 20.5 Å². The van der Waals surface area contributed by atoms with Crippen molar-refractivity contribution in [2.75, 3.05) is 16.0 Å². The van der Waals surface area contributed by atoms with Crippen molar-refractivity contribution in [3.05, 3.63) is 88.9 Å². The van der Waals surface area contributed by atoms with Crippen LogP contribution in [-0.4, -0.2) is 37.4 Å². The molecule has 0 aliphatic heterocycles. The Morgan fingerprint density at radius 3 is 2.63 bits per heavy atom. The molecule has 0 atom stereocenters. The Labute approximate surface area is 235 Å². The number of fused-ring (bicyclic) bond motifs is 1. The van der Waals surface area contributed by atoms with Gasteiger partial charge in [-0.1, -0.05) is 6.07 Å². The number of nitrogens with zero attached hydrogens (tertiary/aromatic N) is 4. The molecule has 5 aromatic rings. The van der Waals surface area contributed by atoms with Crippen LogP contribution in [0.5, 0.6) is 0 Å². The summed E-state index contributed by atoms with van der Waals surface area (Å²) >= 11 is 1.36. The van der Waals surface area contributed by atoms with Crippen molar-refractivity contribution < 1.29 is 22.8 Å². The molecule has 0 radical (unpaired) electrons. The number of hydrogen-bond donors (Lipinski definition) is 3. The molecule has 6 rings (SSSR count). The zero-order valence-electron chi connectivity index (χ0n) is 21.5. The average Bonchev–Trinajstić information content (AvgIpc) is 3.40. The Bertz CT molecular complexity index is 1780. The number of aromatic nitrogens is 4. The highest BCUT2D eigenvalue weighted by Gasteiger charge is 2.32. The van der Waals surface area contributed by atoms with Gasteiger partial charge in [0, 0.05) is 46.4 Å². The smallest absolute Gasteiger partial charge is 0.351 e. The van der Waals surface area contributed by atoms with Gasteiger partial charge in [0.05, 0.1) is 33.9 Å². The van der Waals surface area contributed by atoms with E-state index in [1.807, 2.05) is 0 Å². The minimum atomic E-state index is -4.65. The summed E-state index contributed by atoms with van der Waals surface area (Å²) in [6, 6.07) is 8.30. The van der Waals surface area contributed by atoms with Crippen molar-refractivity contribution in [3.8, 4) is 5.69 Å². The number of alkyl halides is 3. The summed E-state index contributed by atoms with van der Waals surface area (Å²) in [5, 5.41) is 10.4. The molecule has 3 N–H and O–H groups in total. The molecule has 2 aromatic carbocycles. The van der Waals surface area contributed by atoms with Crippen LogP contribution in [0, 0.1) is 6.92 Å². The predicted molar refractivity (Wildman–Crippen MR) is 150 cm³/mol. The fraction of sp³-hybridized carbons (Fsp3) is 0.179. The van der Waals surface area contributed by atoms with Gasteiger partial charge in [0.2, 0.25) is 5.95 Å². The molecule has 0 spiro atoms. The van der Waals surface area contributed by atoms with Crippen LogP contribution < -0.4 is 16.0 Å². The van der Waals surface area contributed by atoms with Crippen molar-refractivity contribution in [1.29, 1.82) is 0 Å². The number of anilines is 3. The van der Waals surface area contributed by atoms with Gasteiger partial charge in [-0.05, 0) is 55.7 Å². The third kappa shape index (κ3) is 5.75. The number of benzene rings is 2. The van der Waals surface area contributed by atoms with Gasteiger partial charge >= 0.3 is 6.18 Å². The molecular weight excluding hydrogens is 555 g/mol. The number of halogens is 3. The van der Waals surface area contributed by atoms with E-state index in [1.54, 1.807) is 36.7 Å². The molecular formula is C28H22F3N7O2S. The highest BCUT2D eigenvalue weighted by molar-refractivity contribution is 7.17. The topological polar surface area (TPSA) is 114 Å². The van der Waals surface area contributed by atoms with Crippen LogP contribution in [0.25, 0.3) is 15.9 Å². The predicted octanol–water partition coefficient (Wildman–Crippen LogP) is 6.28. The molecule has 1 fully saturated rings. The first-order valence-corrected chi connectivity index (χ1v) is 13.5. The van der Waals surface area contributed by atoms with Crippen molar-refractivity contribution in [1.82, 2.24) is 19.5 Å². The molecule has 2 amide bonds. The molecule has 1 saturated carbocycles. The van der Waals surface area contributed by atoms with E-state index < -0.39 is 17.6 Å². The fourth-order valence-corrected chi connectivity index (χ4v) is 5.01. The first kappa shape index (κ1) is 26.4. The fourth-order valence-electron chi connectivity index (χ4n) is 4.16. The Morgan fingerprint density at radius 1 is 1.07 bits per heavy atom. The molecule has 13 heteroatoms. The summed E-state index contributed by atoms with van der Waals surface area (Å²) in [6.07, 6.45) is 3.41. The van der Waals surface area contributed by atoms with Crippen LogP contribution >= 0.6 is 11.3 Å². The molecule has 3 aromatic heterocycles. The van der Waals surface area contributed by atoms with Gasteiger partial charge in [-0.2, -0.15) is 13.2 Å². The van der Waals surface area contributed by atoms with E-state index in [9.17, 15) is 22.8 Å². The summed E-state index contributed by atoms with van der Waals surface area (Å²) < 4.78 is 42.9. The standard InChI is InChI=1S/C28H22F3N7O2S/c1-15-2-3-19(34-25(39)16-8-17(28(29,30)31)10-20(9-16)38-7-6-32-14-38)11-22(15)36-26(40)21-13-41-23-12-33-27(37-24(21)23)35-18-4-5-18/h2-3,6-14,18H,4-5H2,1H3,(H,34,39)(H,36,40)(H,33,35,37). The number of nitrogens with one attached hydrogen (secondary N) is 3. The lowest BCUT2D eigenvalue weighted by Crippen LogP contribution is -2.16. The first-order valence-electron chi connectivity index (χ1n) is 12.6. The molecule has 1 aliphatic rings. The molecule has 41 heavy (non-hydrogen) atoms. The number of hydrogen-bond acceptors (Lipinski definition) is 7. The monoisotopic (exact) mass is 577 g/mol. The van der Waals surface area contributed by atoms with Crippen molar-refractivity contribution in [2.24, 2.45) is 0 Å². The number of carbonyl (C=O) groups is 2. The summed E-state index contributed by atoms with van der Waals surface area (Å²) in [5.41, 5.74) is 1.36. The van der Waals surface area contributed by atoms with E-state index in [2.05, 4.69) is 30.9 Å². The maximum Gasteiger partial charge on any atom is 0.416 e. The summed E-state index contributed by atoms with van der Waals surface area (Å²) in [7, 11) is 0. The zero-order valence-corrected chi connectivity index (χ0v) is 22.3. The third-order valence-electron chi connectivity index (χ3n) is 6.52. The van der Waals surface area contributed by atoms with Crippen molar-refractivity contribution in [3.63, 3.8) is 0 Å². The summed E-state index contributed by atoms with van der Waals surface area (Å²) in [6.45, 7) is 1.79. The minimum absolute atomic E-state index is 0.140. The lowest BCUT2D eigenvalue weighted by atomic mass is 10.1. The number of thiophene rings is 1. The quantitative estimate of drug-likeness (QED) is 0.210. The highest BCUT2D eigenvalue weighted by atomic mass is 32.1. The van der Waals surface area contributed by atoms with Crippen LogP contribution in [0.2, 0.25) is 0 Å². The second-order valence-corrected chi connectivity index (χ2v) is 10.6. The largest absolute Gasteiger partial charge is 0.416 e. The highest BCUT2D eigenvalue weighted by Crippen LogP contribution is 2.32. The Morgan fingerprint density at radius 2 is 1.90 bits per heavy atom. The van der Waals surface area contributed by atoms with Crippen LogP contribution in [0.1, 0.15) is 44.7 Å². The molecule has 0 bridgehead atoms. The van der Waals surface area contributed by atoms with Gasteiger partial charge in [-0.15, -0.1) is 11.3 Å². The summed E-state index contributed by atoms with van der Waals surface area (Å²) in [4.78, 5) is 39.0. The van der Waals surface area contributed by atoms with Crippen molar-refractivity contribution in [2.45, 2.75) is 32.0 Å². The Kier molecular flexibility index (Phi) is 6.66. The zero-order chi connectivity index (χ0) is 28.7. The third-order valence-corrected chi connectivity index (χ3v) is 7.43. The second-order valence-electron chi connectivity index (χ2n) is 9.65. The molecule has 3 heterocycles.